The van der Waals surface area contributed by atoms with Crippen LogP contribution in [-0.4, -0.2) is 54.4 Å². The van der Waals surface area contributed by atoms with Gasteiger partial charge in [0.2, 0.25) is 0 Å². The molecule has 4 aromatic carbocycles. The van der Waals surface area contributed by atoms with E-state index in [1.54, 1.807) is 0 Å². The smallest absolute Gasteiger partial charge is 0.425 e. The van der Waals surface area contributed by atoms with Gasteiger partial charge in [0.15, 0.2) is 0 Å². The fourth-order valence-electron chi connectivity index (χ4n) is 10.7. The normalized spacial score (nSPS) is 31.1. The Hall–Kier alpha value is -4.66. The molecule has 2 amide bonds. The number of carbonyl (C=O) groups is 2. The highest BCUT2D eigenvalue weighted by atomic mass is 16.6. The van der Waals surface area contributed by atoms with Crippen LogP contribution in [0, 0.1) is 11.8 Å². The molecule has 4 fully saturated rings. The molecule has 2 saturated heterocycles. The van der Waals surface area contributed by atoms with Gasteiger partial charge in [0.25, 0.3) is 0 Å². The van der Waals surface area contributed by atoms with Crippen molar-refractivity contribution in [3.63, 3.8) is 0 Å². The highest BCUT2D eigenvalue weighted by Gasteiger charge is 2.79. The third kappa shape index (κ3) is 5.42. The molecular weight excluding hydrogens is 636 g/mol. The van der Waals surface area contributed by atoms with Gasteiger partial charge in [-0.25, -0.2) is 29.6 Å². The Morgan fingerprint density at radius 1 is 0.510 bits per heavy atom. The van der Waals surface area contributed by atoms with Gasteiger partial charge in [-0.05, 0) is 69.2 Å². The summed E-state index contributed by atoms with van der Waals surface area (Å²) in [6.45, 7) is 10.6. The monoisotopic (exact) mass is 684 g/mol. The van der Waals surface area contributed by atoms with Gasteiger partial charge in [-0.2, -0.15) is 0 Å². The first kappa shape index (κ1) is 33.5. The molecule has 8 nitrogen and oxygen atoms in total. The van der Waals surface area contributed by atoms with Gasteiger partial charge in [0.1, 0.15) is 13.2 Å². The zero-order chi connectivity index (χ0) is 35.4. The number of hydrazine groups is 2. The van der Waals surface area contributed by atoms with Gasteiger partial charge >= 0.3 is 12.2 Å². The predicted molar refractivity (Wildman–Crippen MR) is 195 cm³/mol. The predicted octanol–water partition coefficient (Wildman–Crippen LogP) is 8.59. The van der Waals surface area contributed by atoms with Crippen molar-refractivity contribution in [2.24, 2.45) is 11.8 Å². The number of amides is 2. The molecule has 2 aliphatic heterocycles. The molecule has 0 aromatic heterocycles. The lowest BCUT2D eigenvalue weighted by molar-refractivity contribution is -0.130. The van der Waals surface area contributed by atoms with E-state index in [1.165, 1.54) is 0 Å². The van der Waals surface area contributed by atoms with Crippen molar-refractivity contribution in [3.05, 3.63) is 144 Å². The summed E-state index contributed by atoms with van der Waals surface area (Å²) >= 11 is 0. The average molecular weight is 685 g/mol. The Morgan fingerprint density at radius 2 is 0.824 bits per heavy atom. The van der Waals surface area contributed by atoms with Crippen LogP contribution in [0.2, 0.25) is 0 Å². The van der Waals surface area contributed by atoms with E-state index < -0.39 is 22.2 Å². The van der Waals surface area contributed by atoms with Crippen LogP contribution in [-0.2, 0) is 35.8 Å². The molecule has 0 N–H and O–H groups in total. The first-order valence-electron chi connectivity index (χ1n) is 18.2. The van der Waals surface area contributed by atoms with Gasteiger partial charge in [-0.3, -0.25) is 0 Å². The molecule has 0 radical (unpaired) electrons. The van der Waals surface area contributed by atoms with E-state index in [9.17, 15) is 9.59 Å². The van der Waals surface area contributed by atoms with Crippen molar-refractivity contribution >= 4 is 12.2 Å². The second-order valence-corrected chi connectivity index (χ2v) is 15.9. The first-order chi connectivity index (χ1) is 24.6. The molecule has 6 atom stereocenters. The zero-order valence-corrected chi connectivity index (χ0v) is 30.1. The van der Waals surface area contributed by atoms with Crippen LogP contribution < -0.4 is 0 Å². The summed E-state index contributed by atoms with van der Waals surface area (Å²) in [5.74, 6) is 0.311. The second kappa shape index (κ2) is 12.5. The lowest BCUT2D eigenvalue weighted by atomic mass is 9.48. The molecule has 51 heavy (non-hydrogen) atoms. The average Bonchev–Trinajstić information content (AvgIpc) is 3.45. The Morgan fingerprint density at radius 3 is 1.16 bits per heavy atom. The van der Waals surface area contributed by atoms with E-state index in [0.29, 0.717) is 25.9 Å². The minimum atomic E-state index is -0.581. The molecule has 0 unspecified atom stereocenters. The maximum atomic E-state index is 14.6. The summed E-state index contributed by atoms with van der Waals surface area (Å²) in [5.41, 5.74) is 2.05. The van der Waals surface area contributed by atoms with Crippen molar-refractivity contribution in [1.29, 1.82) is 0 Å². The van der Waals surface area contributed by atoms with Crippen LogP contribution >= 0.6 is 0 Å². The fraction of sp³-hybridized carbons (Fsp3) is 0.395. The molecule has 4 aliphatic rings. The van der Waals surface area contributed by atoms with Crippen LogP contribution in [0.3, 0.4) is 0 Å². The summed E-state index contributed by atoms with van der Waals surface area (Å²) in [6.07, 6.45) is 1.54. The zero-order valence-electron chi connectivity index (χ0n) is 30.1. The van der Waals surface area contributed by atoms with Crippen LogP contribution in [0.5, 0.6) is 0 Å². The van der Waals surface area contributed by atoms with E-state index >= 15 is 0 Å². The van der Waals surface area contributed by atoms with Crippen LogP contribution in [0.4, 0.5) is 9.59 Å². The second-order valence-electron chi connectivity index (χ2n) is 15.9. The SMILES string of the molecule is C[C@]12C[C@@]3(C)[C@H]4C[C@@H]1[C@@](C)(C[C@@]4(C)N(Cc1ccccc1)N3C(=O)OCc1ccccc1)N(C(=O)OCc1ccccc1)N2Cc1ccccc1. The molecular formula is C43H48N4O4. The van der Waals surface area contributed by atoms with Crippen LogP contribution in [0.25, 0.3) is 0 Å². The Bertz CT molecular complexity index is 1740. The third-order valence-electron chi connectivity index (χ3n) is 12.6. The van der Waals surface area contributed by atoms with Crippen LogP contribution in [0.1, 0.15) is 69.2 Å². The summed E-state index contributed by atoms with van der Waals surface area (Å²) in [4.78, 5) is 29.2. The molecule has 8 rings (SSSR count). The molecule has 2 aliphatic carbocycles. The van der Waals surface area contributed by atoms with Crippen molar-refractivity contribution < 1.29 is 19.1 Å². The molecule has 0 spiro atoms. The summed E-state index contributed by atoms with van der Waals surface area (Å²) in [7, 11) is 0. The van der Waals surface area contributed by atoms with Crippen molar-refractivity contribution in [1.82, 2.24) is 20.0 Å². The van der Waals surface area contributed by atoms with Crippen molar-refractivity contribution in [3.8, 4) is 0 Å². The van der Waals surface area contributed by atoms with E-state index in [4.69, 9.17) is 9.47 Å². The Balaban J connectivity index is 1.22. The van der Waals surface area contributed by atoms with Crippen molar-refractivity contribution in [2.75, 3.05) is 0 Å². The molecule has 4 aromatic rings. The number of hydrogen-bond donors (Lipinski definition) is 0. The lowest BCUT2D eigenvalue weighted by Crippen LogP contribution is -2.66. The van der Waals surface area contributed by atoms with E-state index in [-0.39, 0.29) is 37.2 Å². The number of rotatable bonds is 8. The van der Waals surface area contributed by atoms with Crippen LogP contribution in [0.15, 0.2) is 121 Å². The highest BCUT2D eigenvalue weighted by molar-refractivity contribution is 5.71. The van der Waals surface area contributed by atoms with E-state index in [1.807, 2.05) is 107 Å². The van der Waals surface area contributed by atoms with Gasteiger partial charge in [-0.15, -0.1) is 0 Å². The highest BCUT2D eigenvalue weighted by Crippen LogP contribution is 2.70. The maximum absolute atomic E-state index is 14.6. The number of nitrogens with zero attached hydrogens (tertiary/aromatic N) is 4. The lowest BCUT2D eigenvalue weighted by Gasteiger charge is -2.58. The number of hydrogen-bond acceptors (Lipinski definition) is 6. The molecule has 2 bridgehead atoms. The number of carbonyl (C=O) groups excluding carboxylic acids is 2. The maximum Gasteiger partial charge on any atom is 0.425 e. The summed E-state index contributed by atoms with van der Waals surface area (Å²) < 4.78 is 12.4. The third-order valence-corrected chi connectivity index (χ3v) is 12.6. The van der Waals surface area contributed by atoms with E-state index in [0.717, 1.165) is 28.7 Å². The van der Waals surface area contributed by atoms with Crippen molar-refractivity contribution in [2.45, 2.75) is 95.4 Å². The standard InChI is InChI=1S/C43H48N4O4/c1-40-30-42(3)37-25-36(40)43(4,46(44(40)26-32-17-9-5-10-18-32)38(48)50-28-34-21-13-7-14-22-34)31-41(37,2)45(27-33-19-11-6-12-20-33)47(42)39(49)51-29-35-23-15-8-16-24-35/h5-24,36-37H,25-31H2,1-4H3/t36-,37-,40-,41+,42-,43+/m0/s1. The fourth-order valence-corrected chi connectivity index (χ4v) is 10.7. The molecule has 2 saturated carbocycles. The van der Waals surface area contributed by atoms with Gasteiger partial charge < -0.3 is 9.47 Å². The van der Waals surface area contributed by atoms with Gasteiger partial charge in [-0.1, -0.05) is 121 Å². The van der Waals surface area contributed by atoms with E-state index in [2.05, 4.69) is 62.0 Å². The largest absolute Gasteiger partial charge is 0.444 e. The molecule has 8 heteroatoms. The minimum absolute atomic E-state index is 0.156. The van der Waals surface area contributed by atoms with Gasteiger partial charge in [0, 0.05) is 36.0 Å². The quantitative estimate of drug-likeness (QED) is 0.185. The van der Waals surface area contributed by atoms with Gasteiger partial charge in [0.05, 0.1) is 11.1 Å². The first-order valence-corrected chi connectivity index (χ1v) is 18.2. The summed E-state index contributed by atoms with van der Waals surface area (Å²) in [6, 6.07) is 40.5. The molecule has 2 heterocycles. The summed E-state index contributed by atoms with van der Waals surface area (Å²) in [5, 5.41) is 8.55. The molecule has 264 valence electrons. The topological polar surface area (TPSA) is 65.6 Å². The number of ether oxygens (including phenoxy) is 2. The number of benzene rings is 4. The Kier molecular flexibility index (Phi) is 8.23. The Labute approximate surface area is 301 Å². The minimum Gasteiger partial charge on any atom is -0.444 e.